The number of hydrogen-bond donors (Lipinski definition) is 1. The summed E-state index contributed by atoms with van der Waals surface area (Å²) in [6, 6.07) is 5.06. The summed E-state index contributed by atoms with van der Waals surface area (Å²) in [5, 5.41) is 2.52. The van der Waals surface area contributed by atoms with E-state index in [4.69, 9.17) is 0 Å². The van der Waals surface area contributed by atoms with Crippen LogP contribution in [0.25, 0.3) is 0 Å². The van der Waals surface area contributed by atoms with E-state index in [2.05, 4.69) is 21.2 Å². The zero-order chi connectivity index (χ0) is 18.8. The van der Waals surface area contributed by atoms with Crippen molar-refractivity contribution in [3.8, 4) is 0 Å². The SMILES string of the molecule is CNC(=O)c1ccc(Br)cc1N1CCN(CC(F)(F)C(F)(F)F)CC1. The molecule has 0 atom stereocenters. The molecule has 1 amide bonds. The first-order chi connectivity index (χ1) is 11.5. The Hall–Kier alpha value is -1.42. The summed E-state index contributed by atoms with van der Waals surface area (Å²) >= 11 is 3.31. The normalized spacial score (nSPS) is 16.8. The number of piperazine rings is 1. The molecule has 10 heteroatoms. The Kier molecular flexibility index (Phi) is 5.93. The second kappa shape index (κ2) is 7.45. The fraction of sp³-hybridized carbons (Fsp3) is 0.533. The molecule has 1 heterocycles. The van der Waals surface area contributed by atoms with Crippen LogP contribution in [-0.2, 0) is 0 Å². The summed E-state index contributed by atoms with van der Waals surface area (Å²) in [5.41, 5.74) is 1.02. The Balaban J connectivity index is 2.08. The van der Waals surface area contributed by atoms with Gasteiger partial charge >= 0.3 is 12.1 Å². The number of anilines is 1. The number of halogens is 6. The maximum atomic E-state index is 13.2. The van der Waals surface area contributed by atoms with Crippen molar-refractivity contribution in [2.45, 2.75) is 12.1 Å². The van der Waals surface area contributed by atoms with Crippen LogP contribution in [0.15, 0.2) is 22.7 Å². The highest BCUT2D eigenvalue weighted by Gasteiger charge is 2.58. The van der Waals surface area contributed by atoms with Crippen LogP contribution >= 0.6 is 15.9 Å². The molecule has 1 N–H and O–H groups in total. The Bertz CT molecular complexity index is 630. The molecule has 0 unspecified atom stereocenters. The molecule has 1 aromatic rings. The van der Waals surface area contributed by atoms with Gasteiger partial charge in [0.2, 0.25) is 0 Å². The quantitative estimate of drug-likeness (QED) is 0.746. The van der Waals surface area contributed by atoms with Crippen LogP contribution in [0.2, 0.25) is 0 Å². The highest BCUT2D eigenvalue weighted by molar-refractivity contribution is 9.10. The van der Waals surface area contributed by atoms with Crippen molar-refractivity contribution in [3.05, 3.63) is 28.2 Å². The van der Waals surface area contributed by atoms with E-state index in [1.807, 2.05) is 0 Å². The van der Waals surface area contributed by atoms with Gasteiger partial charge < -0.3 is 10.2 Å². The lowest BCUT2D eigenvalue weighted by Gasteiger charge is -2.38. The van der Waals surface area contributed by atoms with E-state index in [9.17, 15) is 26.7 Å². The van der Waals surface area contributed by atoms with Crippen molar-refractivity contribution < 1.29 is 26.7 Å². The molecule has 25 heavy (non-hydrogen) atoms. The van der Waals surface area contributed by atoms with Gasteiger partial charge in [-0.1, -0.05) is 15.9 Å². The van der Waals surface area contributed by atoms with E-state index in [0.29, 0.717) is 11.3 Å². The maximum absolute atomic E-state index is 13.2. The average molecular weight is 430 g/mol. The molecule has 0 aliphatic carbocycles. The minimum absolute atomic E-state index is 0.0470. The number of nitrogens with one attached hydrogen (secondary N) is 1. The van der Waals surface area contributed by atoms with Gasteiger partial charge in [-0.15, -0.1) is 0 Å². The molecule has 4 nitrogen and oxygen atoms in total. The van der Waals surface area contributed by atoms with Crippen LogP contribution < -0.4 is 10.2 Å². The number of rotatable bonds is 4. The van der Waals surface area contributed by atoms with E-state index in [1.54, 1.807) is 23.1 Å². The largest absolute Gasteiger partial charge is 0.454 e. The number of nitrogens with zero attached hydrogens (tertiary/aromatic N) is 2. The third-order valence-corrected chi connectivity index (χ3v) is 4.47. The van der Waals surface area contributed by atoms with Gasteiger partial charge in [0.05, 0.1) is 17.8 Å². The first-order valence-electron chi connectivity index (χ1n) is 7.48. The lowest BCUT2D eigenvalue weighted by Crippen LogP contribution is -2.53. The molecule has 0 bridgehead atoms. The topological polar surface area (TPSA) is 35.6 Å². The monoisotopic (exact) mass is 429 g/mol. The molecule has 0 spiro atoms. The van der Waals surface area contributed by atoms with Gasteiger partial charge in [-0.05, 0) is 18.2 Å². The third-order valence-electron chi connectivity index (χ3n) is 3.98. The molecule has 0 radical (unpaired) electrons. The number of alkyl halides is 5. The summed E-state index contributed by atoms with van der Waals surface area (Å²) in [6.07, 6.45) is -5.55. The second-order valence-electron chi connectivity index (χ2n) is 5.71. The van der Waals surface area contributed by atoms with Crippen LogP contribution in [0.5, 0.6) is 0 Å². The number of carbonyl (C=O) groups excluding carboxylic acids is 1. The Labute approximate surface area is 150 Å². The van der Waals surface area contributed by atoms with E-state index in [0.717, 1.165) is 9.37 Å². The third kappa shape index (κ3) is 4.60. The molecule has 0 saturated carbocycles. The smallest absolute Gasteiger partial charge is 0.368 e. The number of amides is 1. The van der Waals surface area contributed by atoms with Crippen LogP contribution in [0.4, 0.5) is 27.6 Å². The zero-order valence-electron chi connectivity index (χ0n) is 13.3. The molecule has 1 saturated heterocycles. The van der Waals surface area contributed by atoms with Crippen molar-refractivity contribution in [3.63, 3.8) is 0 Å². The zero-order valence-corrected chi connectivity index (χ0v) is 14.9. The molecule has 1 aliphatic heterocycles. The van der Waals surface area contributed by atoms with E-state index < -0.39 is 18.6 Å². The van der Waals surface area contributed by atoms with Crippen molar-refractivity contribution >= 4 is 27.5 Å². The lowest BCUT2D eigenvalue weighted by atomic mass is 10.1. The van der Waals surface area contributed by atoms with Gasteiger partial charge in [-0.2, -0.15) is 22.0 Å². The summed E-state index contributed by atoms with van der Waals surface area (Å²) in [4.78, 5) is 14.9. The molecule has 2 rings (SSSR count). The van der Waals surface area contributed by atoms with Crippen molar-refractivity contribution in [2.75, 3.05) is 44.7 Å². The Morgan fingerprint density at radius 3 is 2.28 bits per heavy atom. The average Bonchev–Trinajstić information content (AvgIpc) is 2.53. The predicted molar refractivity (Wildman–Crippen MR) is 87.2 cm³/mol. The van der Waals surface area contributed by atoms with Crippen molar-refractivity contribution in [2.24, 2.45) is 0 Å². The summed E-state index contributed by atoms with van der Waals surface area (Å²) < 4.78 is 64.0. The predicted octanol–water partition coefficient (Wildman–Crippen LogP) is 3.13. The first-order valence-corrected chi connectivity index (χ1v) is 8.28. The summed E-state index contributed by atoms with van der Waals surface area (Å²) in [7, 11) is 1.49. The van der Waals surface area contributed by atoms with E-state index in [1.165, 1.54) is 7.05 Å². The molecule has 140 valence electrons. The standard InChI is InChI=1S/C15H17BrF5N3O/c1-22-13(25)11-3-2-10(16)8-12(11)24-6-4-23(5-7-24)9-14(17,18)15(19,20)21/h2-3,8H,4-7,9H2,1H3,(H,22,25). The van der Waals surface area contributed by atoms with Gasteiger partial charge in [0.25, 0.3) is 5.91 Å². The number of carbonyl (C=O) groups is 1. The summed E-state index contributed by atoms with van der Waals surface area (Å²) in [5.74, 6) is -5.04. The maximum Gasteiger partial charge on any atom is 0.454 e. The van der Waals surface area contributed by atoms with Crippen LogP contribution in [0.1, 0.15) is 10.4 Å². The number of benzene rings is 1. The van der Waals surface area contributed by atoms with Crippen molar-refractivity contribution in [1.29, 1.82) is 0 Å². The molecule has 1 aromatic carbocycles. The van der Waals surface area contributed by atoms with Gasteiger partial charge in [0.15, 0.2) is 0 Å². The minimum atomic E-state index is -5.55. The first kappa shape index (κ1) is 19.9. The van der Waals surface area contributed by atoms with E-state index >= 15 is 0 Å². The van der Waals surface area contributed by atoms with Gasteiger partial charge in [0.1, 0.15) is 0 Å². The van der Waals surface area contributed by atoms with Crippen LogP contribution in [-0.4, -0.2) is 62.7 Å². The highest BCUT2D eigenvalue weighted by atomic mass is 79.9. The molecule has 1 fully saturated rings. The fourth-order valence-electron chi connectivity index (χ4n) is 2.61. The lowest BCUT2D eigenvalue weighted by molar-refractivity contribution is -0.286. The Morgan fingerprint density at radius 1 is 1.16 bits per heavy atom. The van der Waals surface area contributed by atoms with E-state index in [-0.39, 0.29) is 32.1 Å². The minimum Gasteiger partial charge on any atom is -0.368 e. The van der Waals surface area contributed by atoms with Gasteiger partial charge in [-0.3, -0.25) is 9.69 Å². The molecule has 0 aromatic heterocycles. The molecular formula is C15H17BrF5N3O. The molecular weight excluding hydrogens is 413 g/mol. The molecule has 1 aliphatic rings. The van der Waals surface area contributed by atoms with Gasteiger partial charge in [0, 0.05) is 37.7 Å². The fourth-order valence-corrected chi connectivity index (χ4v) is 2.96. The number of hydrogen-bond acceptors (Lipinski definition) is 3. The van der Waals surface area contributed by atoms with Crippen LogP contribution in [0.3, 0.4) is 0 Å². The summed E-state index contributed by atoms with van der Waals surface area (Å²) in [6.45, 7) is -0.773. The van der Waals surface area contributed by atoms with Crippen molar-refractivity contribution in [1.82, 2.24) is 10.2 Å². The van der Waals surface area contributed by atoms with Gasteiger partial charge in [-0.25, -0.2) is 0 Å². The second-order valence-corrected chi connectivity index (χ2v) is 6.62. The van der Waals surface area contributed by atoms with Crippen LogP contribution in [0, 0.1) is 0 Å². The highest BCUT2D eigenvalue weighted by Crippen LogP contribution is 2.36. The Morgan fingerprint density at radius 2 is 1.76 bits per heavy atom.